The smallest absolute Gasteiger partial charge is 0.288 e. The molecule has 2 atom stereocenters. The number of nitrogens with zero attached hydrogens (tertiary/aromatic N) is 2. The standard InChI is InChI=1S/C29H34N2O7S2/c1-36-22-8-10-23(11-9-22)40(34,35)31(14-16-32)15-17-37-28-19-21(25-20-39-27-7-3-2-6-24(25)27)18-26(38-28)29(33)30-12-4-5-13-30/h2-3,6-11,18,20-21,28,32H,4-5,12-17,19H2,1H3/t21-,28+/m0/s1. The van der Waals surface area contributed by atoms with Crippen molar-refractivity contribution in [3.05, 3.63) is 71.3 Å². The second-order valence-electron chi connectivity index (χ2n) is 9.78. The average molecular weight is 587 g/mol. The predicted octanol–water partition coefficient (Wildman–Crippen LogP) is 3.95. The van der Waals surface area contributed by atoms with Crippen LogP contribution in [-0.2, 0) is 24.3 Å². The number of fused-ring (bicyclic) bond motifs is 1. The van der Waals surface area contributed by atoms with Crippen LogP contribution >= 0.6 is 11.3 Å². The van der Waals surface area contributed by atoms with Crippen molar-refractivity contribution in [1.82, 2.24) is 9.21 Å². The molecule has 0 radical (unpaired) electrons. The van der Waals surface area contributed by atoms with Gasteiger partial charge in [0, 0.05) is 43.2 Å². The molecule has 0 unspecified atom stereocenters. The molecule has 9 nitrogen and oxygen atoms in total. The first-order valence-corrected chi connectivity index (χ1v) is 15.7. The molecule has 3 aromatic rings. The van der Waals surface area contributed by atoms with Gasteiger partial charge < -0.3 is 24.2 Å². The second kappa shape index (κ2) is 12.7. The van der Waals surface area contributed by atoms with Crippen LogP contribution in [0.4, 0.5) is 0 Å². The van der Waals surface area contributed by atoms with Gasteiger partial charge in [0.25, 0.3) is 5.91 Å². The maximum absolute atomic E-state index is 13.3. The Kier molecular flexibility index (Phi) is 9.07. The molecule has 1 N–H and O–H groups in total. The number of aliphatic hydroxyl groups is 1. The average Bonchev–Trinajstić information content (AvgIpc) is 3.67. The molecule has 40 heavy (non-hydrogen) atoms. The summed E-state index contributed by atoms with van der Waals surface area (Å²) >= 11 is 1.66. The van der Waals surface area contributed by atoms with Crippen LogP contribution in [-0.4, -0.2) is 81.4 Å². The Labute approximate surface area is 238 Å². The largest absolute Gasteiger partial charge is 0.497 e. The van der Waals surface area contributed by atoms with Crippen molar-refractivity contribution < 1.29 is 32.5 Å². The lowest BCUT2D eigenvalue weighted by Crippen LogP contribution is -2.38. The number of ether oxygens (including phenoxy) is 3. The summed E-state index contributed by atoms with van der Waals surface area (Å²) in [6.07, 6.45) is 3.61. The molecule has 0 bridgehead atoms. The number of rotatable bonds is 11. The van der Waals surface area contributed by atoms with Crippen LogP contribution in [0, 0.1) is 0 Å². The van der Waals surface area contributed by atoms with Gasteiger partial charge in [0.05, 0.1) is 25.2 Å². The summed E-state index contributed by atoms with van der Waals surface area (Å²) in [4.78, 5) is 15.2. The molecule has 1 saturated heterocycles. The van der Waals surface area contributed by atoms with Crippen molar-refractivity contribution in [3.8, 4) is 5.75 Å². The summed E-state index contributed by atoms with van der Waals surface area (Å²) in [5.74, 6) is 0.592. The van der Waals surface area contributed by atoms with Gasteiger partial charge in [0.1, 0.15) is 5.75 Å². The van der Waals surface area contributed by atoms with E-state index in [1.807, 2.05) is 18.2 Å². The Morgan fingerprint density at radius 1 is 1.12 bits per heavy atom. The maximum atomic E-state index is 13.3. The van der Waals surface area contributed by atoms with Gasteiger partial charge in [0.2, 0.25) is 16.3 Å². The number of carbonyl (C=O) groups is 1. The molecular formula is C29H34N2O7S2. The highest BCUT2D eigenvalue weighted by Gasteiger charge is 2.33. The number of methoxy groups -OCH3 is 1. The van der Waals surface area contributed by atoms with E-state index in [1.54, 1.807) is 28.4 Å². The third-order valence-electron chi connectivity index (χ3n) is 7.26. The number of hydrogen-bond acceptors (Lipinski definition) is 8. The van der Waals surface area contributed by atoms with E-state index in [1.165, 1.54) is 28.2 Å². The van der Waals surface area contributed by atoms with Gasteiger partial charge in [-0.05, 0) is 65.6 Å². The van der Waals surface area contributed by atoms with Crippen LogP contribution in [0.15, 0.2) is 70.6 Å². The monoisotopic (exact) mass is 586 g/mol. The summed E-state index contributed by atoms with van der Waals surface area (Å²) in [6.45, 7) is 1.04. The predicted molar refractivity (Wildman–Crippen MR) is 153 cm³/mol. The van der Waals surface area contributed by atoms with Crippen LogP contribution in [0.25, 0.3) is 10.1 Å². The minimum Gasteiger partial charge on any atom is -0.497 e. The molecule has 2 aromatic carbocycles. The Hall–Kier alpha value is -2.96. The van der Waals surface area contributed by atoms with Crippen LogP contribution < -0.4 is 4.74 Å². The number of likely N-dealkylation sites (tertiary alicyclic amines) is 1. The quantitative estimate of drug-likeness (QED) is 0.363. The van der Waals surface area contributed by atoms with Crippen molar-refractivity contribution in [2.24, 2.45) is 0 Å². The maximum Gasteiger partial charge on any atom is 0.288 e. The molecular weight excluding hydrogens is 552 g/mol. The van der Waals surface area contributed by atoms with Crippen LogP contribution in [0.2, 0.25) is 0 Å². The molecule has 11 heteroatoms. The van der Waals surface area contributed by atoms with E-state index in [-0.39, 0.29) is 48.8 Å². The fourth-order valence-electron chi connectivity index (χ4n) is 5.14. The molecule has 0 saturated carbocycles. The molecule has 1 amide bonds. The summed E-state index contributed by atoms with van der Waals surface area (Å²) in [6, 6.07) is 14.3. The molecule has 1 aromatic heterocycles. The van der Waals surface area contributed by atoms with Crippen molar-refractivity contribution in [1.29, 1.82) is 0 Å². The number of thiophene rings is 1. The van der Waals surface area contributed by atoms with E-state index >= 15 is 0 Å². The summed E-state index contributed by atoms with van der Waals surface area (Å²) in [5.41, 5.74) is 1.12. The number of hydrogen-bond donors (Lipinski definition) is 1. The first kappa shape index (κ1) is 28.6. The van der Waals surface area contributed by atoms with E-state index < -0.39 is 16.3 Å². The zero-order valence-electron chi connectivity index (χ0n) is 22.4. The number of aliphatic hydroxyl groups excluding tert-OH is 1. The molecule has 214 valence electrons. The summed E-state index contributed by atoms with van der Waals surface area (Å²) in [5, 5.41) is 12.8. The first-order valence-electron chi connectivity index (χ1n) is 13.4. The number of benzene rings is 2. The van der Waals surface area contributed by atoms with Gasteiger partial charge in [-0.3, -0.25) is 4.79 Å². The third kappa shape index (κ3) is 6.18. The lowest BCUT2D eigenvalue weighted by molar-refractivity contribution is -0.152. The normalized spacial score (nSPS) is 19.6. The van der Waals surface area contributed by atoms with E-state index in [2.05, 4.69) is 17.5 Å². The van der Waals surface area contributed by atoms with Crippen LogP contribution in [0.3, 0.4) is 0 Å². The van der Waals surface area contributed by atoms with E-state index in [9.17, 15) is 18.3 Å². The van der Waals surface area contributed by atoms with Gasteiger partial charge in [-0.15, -0.1) is 11.3 Å². The zero-order chi connectivity index (χ0) is 28.1. The van der Waals surface area contributed by atoms with E-state index in [0.29, 0.717) is 25.3 Å². The Balaban J connectivity index is 1.31. The molecule has 2 aliphatic heterocycles. The van der Waals surface area contributed by atoms with Gasteiger partial charge in [-0.1, -0.05) is 18.2 Å². The molecule has 0 spiro atoms. The van der Waals surface area contributed by atoms with E-state index in [4.69, 9.17) is 14.2 Å². The lowest BCUT2D eigenvalue weighted by Gasteiger charge is -2.31. The third-order valence-corrected chi connectivity index (χ3v) is 10.2. The van der Waals surface area contributed by atoms with Crippen molar-refractivity contribution in [3.63, 3.8) is 0 Å². The van der Waals surface area contributed by atoms with Crippen LogP contribution in [0.5, 0.6) is 5.75 Å². The number of allylic oxidation sites excluding steroid dienone is 1. The molecule has 3 heterocycles. The van der Waals surface area contributed by atoms with Gasteiger partial charge in [0.15, 0.2) is 5.76 Å². The second-order valence-corrected chi connectivity index (χ2v) is 12.6. The Morgan fingerprint density at radius 2 is 1.88 bits per heavy atom. The Bertz CT molecular complexity index is 1450. The topological polar surface area (TPSA) is 106 Å². The first-order chi connectivity index (χ1) is 19.4. The molecule has 2 aliphatic rings. The Morgan fingerprint density at radius 3 is 2.60 bits per heavy atom. The highest BCUT2D eigenvalue weighted by atomic mass is 32.2. The SMILES string of the molecule is COc1ccc(S(=O)(=O)N(CCO)CCO[C@H]2C[C@@H](c3csc4ccccc34)C=C(C(=O)N3CCCC3)O2)cc1. The summed E-state index contributed by atoms with van der Waals surface area (Å²) in [7, 11) is -2.36. The highest BCUT2D eigenvalue weighted by Crippen LogP contribution is 2.38. The van der Waals surface area contributed by atoms with Crippen molar-refractivity contribution in [2.75, 3.05) is 46.5 Å². The number of carbonyl (C=O) groups excluding carboxylic acids is 1. The fourth-order valence-corrected chi connectivity index (χ4v) is 7.58. The minimum atomic E-state index is -3.87. The molecule has 1 fully saturated rings. The minimum absolute atomic E-state index is 0.0138. The lowest BCUT2D eigenvalue weighted by atomic mass is 9.92. The van der Waals surface area contributed by atoms with Gasteiger partial charge in [-0.2, -0.15) is 4.31 Å². The van der Waals surface area contributed by atoms with Crippen molar-refractivity contribution >= 4 is 37.4 Å². The van der Waals surface area contributed by atoms with Gasteiger partial charge >= 0.3 is 0 Å². The number of sulfonamides is 1. The molecule has 5 rings (SSSR count). The number of amides is 1. The summed E-state index contributed by atoms with van der Waals surface area (Å²) < 4.78 is 46.1. The zero-order valence-corrected chi connectivity index (χ0v) is 24.0. The van der Waals surface area contributed by atoms with Crippen molar-refractivity contribution in [2.45, 2.75) is 36.4 Å². The molecule has 0 aliphatic carbocycles. The fraction of sp³-hybridized carbons (Fsp3) is 0.414. The highest BCUT2D eigenvalue weighted by molar-refractivity contribution is 7.89. The van der Waals surface area contributed by atoms with E-state index in [0.717, 1.165) is 23.8 Å². The van der Waals surface area contributed by atoms with Crippen LogP contribution in [0.1, 0.15) is 30.7 Å². The van der Waals surface area contributed by atoms with Gasteiger partial charge in [-0.25, -0.2) is 8.42 Å².